The molecule has 0 heterocycles. The Labute approximate surface area is 169 Å². The molecule has 0 bridgehead atoms. The maximum absolute atomic E-state index is 10.9. The van der Waals surface area contributed by atoms with Crippen molar-refractivity contribution in [2.75, 3.05) is 0 Å². The normalized spacial score (nSPS) is 11.3. The molecule has 0 aliphatic carbocycles. The van der Waals surface area contributed by atoms with Crippen LogP contribution in [0, 0.1) is 0 Å². The van der Waals surface area contributed by atoms with Crippen LogP contribution >= 0.6 is 7.26 Å². The van der Waals surface area contributed by atoms with Gasteiger partial charge in [0.15, 0.2) is 51.5 Å². The lowest BCUT2D eigenvalue weighted by Crippen LogP contribution is -2.39. The number of phenols is 4. The number of hydrogen-bond acceptors (Lipinski definition) is 4. The van der Waals surface area contributed by atoms with Gasteiger partial charge in [0, 0.05) is 0 Å². The topological polar surface area (TPSA) is 80.9 Å². The highest BCUT2D eigenvalue weighted by molar-refractivity contribution is 8.02. The van der Waals surface area contributed by atoms with Gasteiger partial charge >= 0.3 is 0 Å². The summed E-state index contributed by atoms with van der Waals surface area (Å²) in [6, 6.07) is 27.4. The lowest BCUT2D eigenvalue weighted by molar-refractivity contribution is 0.477. The summed E-state index contributed by atoms with van der Waals surface area (Å²) in [5.41, 5.74) is 0. The van der Waals surface area contributed by atoms with Crippen LogP contribution in [0.2, 0.25) is 0 Å². The van der Waals surface area contributed by atoms with Crippen molar-refractivity contribution in [2.45, 2.75) is 0 Å². The molecule has 29 heavy (non-hydrogen) atoms. The van der Waals surface area contributed by atoms with E-state index in [0.29, 0.717) is 21.2 Å². The van der Waals surface area contributed by atoms with Gasteiger partial charge in [-0.3, -0.25) is 0 Å². The molecule has 4 N–H and O–H groups in total. The molecule has 0 saturated heterocycles. The molecular weight excluding hydrogens is 383 g/mol. The lowest BCUT2D eigenvalue weighted by Gasteiger charge is -2.29. The Morgan fingerprint density at radius 1 is 0.345 bits per heavy atom. The second-order valence-electron chi connectivity index (χ2n) is 6.63. The Balaban J connectivity index is 2.28. The number of aromatic hydroxyl groups is 4. The number of benzene rings is 4. The summed E-state index contributed by atoms with van der Waals surface area (Å²) in [6.07, 6.45) is 0. The smallest absolute Gasteiger partial charge is 0.160 e. The molecule has 0 unspecified atom stereocenters. The predicted octanol–water partition coefficient (Wildman–Crippen LogP) is 3.13. The highest BCUT2D eigenvalue weighted by Gasteiger charge is 2.54. The lowest BCUT2D eigenvalue weighted by atomic mass is 10.3. The van der Waals surface area contributed by atoms with E-state index in [0.717, 1.165) is 0 Å². The molecule has 0 atom stereocenters. The van der Waals surface area contributed by atoms with E-state index in [4.69, 9.17) is 0 Å². The van der Waals surface area contributed by atoms with E-state index in [9.17, 15) is 20.4 Å². The predicted molar refractivity (Wildman–Crippen MR) is 118 cm³/mol. The molecule has 144 valence electrons. The largest absolute Gasteiger partial charge is 0.504 e. The zero-order chi connectivity index (χ0) is 20.4. The molecule has 0 fully saturated rings. The van der Waals surface area contributed by atoms with Crippen molar-refractivity contribution in [3.63, 3.8) is 0 Å². The highest BCUT2D eigenvalue weighted by Crippen LogP contribution is 2.60. The molecule has 5 heteroatoms. The molecular formula is C24H20O4P+. The summed E-state index contributed by atoms with van der Waals surface area (Å²) in [5, 5.41) is 45.7. The Bertz CT molecular complexity index is 985. The average molecular weight is 403 g/mol. The van der Waals surface area contributed by atoms with Crippen molar-refractivity contribution >= 4 is 28.5 Å². The standard InChI is InChI=1S/C24H19O4P/c25-17-9-1-5-13-21(17)29(22-14-6-2-10-18(22)26,23-15-7-3-11-19(23)27)24-16-8-4-12-20(24)28/h1-16H,(H3-,25,26,27,28)/p+1. The quantitative estimate of drug-likeness (QED) is 0.395. The number of phenolic OH excluding ortho intramolecular Hbond substituents is 4. The van der Waals surface area contributed by atoms with E-state index >= 15 is 0 Å². The number of para-hydroxylation sites is 4. The molecule has 0 radical (unpaired) electrons. The van der Waals surface area contributed by atoms with Gasteiger partial charge in [0.25, 0.3) is 0 Å². The number of hydrogen-bond donors (Lipinski definition) is 4. The van der Waals surface area contributed by atoms with Gasteiger partial charge in [-0.25, -0.2) is 0 Å². The average Bonchev–Trinajstić information content (AvgIpc) is 2.73. The SMILES string of the molecule is Oc1ccccc1[P+](c1ccccc1O)(c1ccccc1O)c1ccccc1O. The monoisotopic (exact) mass is 403 g/mol. The second-order valence-corrected chi connectivity index (χ2v) is 9.89. The van der Waals surface area contributed by atoms with Gasteiger partial charge in [-0.1, -0.05) is 48.5 Å². The molecule has 0 aromatic heterocycles. The van der Waals surface area contributed by atoms with Crippen LogP contribution in [0.5, 0.6) is 23.0 Å². The first-order chi connectivity index (χ1) is 14.1. The Hall–Kier alpha value is -3.49. The fourth-order valence-electron chi connectivity index (χ4n) is 3.77. The maximum atomic E-state index is 10.9. The summed E-state index contributed by atoms with van der Waals surface area (Å²) in [7, 11) is -3.06. The van der Waals surface area contributed by atoms with E-state index < -0.39 is 7.26 Å². The van der Waals surface area contributed by atoms with Gasteiger partial charge < -0.3 is 20.4 Å². The van der Waals surface area contributed by atoms with Crippen LogP contribution in [0.1, 0.15) is 0 Å². The molecule has 4 rings (SSSR count). The van der Waals surface area contributed by atoms with Gasteiger partial charge in [0.1, 0.15) is 0 Å². The van der Waals surface area contributed by atoms with Crippen LogP contribution in [0.25, 0.3) is 0 Å². The summed E-state index contributed by atoms with van der Waals surface area (Å²) in [4.78, 5) is 0. The van der Waals surface area contributed by atoms with E-state index in [-0.39, 0.29) is 23.0 Å². The van der Waals surface area contributed by atoms with Crippen LogP contribution in [0.3, 0.4) is 0 Å². The van der Waals surface area contributed by atoms with Crippen LogP contribution < -0.4 is 21.2 Å². The Morgan fingerprint density at radius 2 is 0.552 bits per heavy atom. The molecule has 4 aromatic carbocycles. The fourth-order valence-corrected chi connectivity index (χ4v) is 8.24. The molecule has 0 spiro atoms. The van der Waals surface area contributed by atoms with E-state index in [1.54, 1.807) is 97.1 Å². The number of rotatable bonds is 4. The third-order valence-corrected chi connectivity index (χ3v) is 9.38. The van der Waals surface area contributed by atoms with E-state index in [2.05, 4.69) is 0 Å². The summed E-state index contributed by atoms with van der Waals surface area (Å²) >= 11 is 0. The van der Waals surface area contributed by atoms with Crippen LogP contribution in [-0.4, -0.2) is 20.4 Å². The molecule has 0 aliphatic heterocycles. The van der Waals surface area contributed by atoms with Crippen molar-refractivity contribution in [3.8, 4) is 23.0 Å². The fraction of sp³-hybridized carbons (Fsp3) is 0. The third-order valence-electron chi connectivity index (χ3n) is 4.97. The van der Waals surface area contributed by atoms with Crippen molar-refractivity contribution in [2.24, 2.45) is 0 Å². The molecule has 4 nitrogen and oxygen atoms in total. The molecule has 0 saturated carbocycles. The first-order valence-corrected chi connectivity index (χ1v) is 10.9. The Kier molecular flexibility index (Phi) is 4.87. The molecule has 4 aromatic rings. The van der Waals surface area contributed by atoms with Gasteiger partial charge in [-0.15, -0.1) is 0 Å². The van der Waals surface area contributed by atoms with E-state index in [1.807, 2.05) is 0 Å². The van der Waals surface area contributed by atoms with Gasteiger partial charge in [-0.2, -0.15) is 0 Å². The van der Waals surface area contributed by atoms with Crippen LogP contribution in [0.4, 0.5) is 0 Å². The molecule has 0 aliphatic rings. The first kappa shape index (κ1) is 18.9. The minimum absolute atomic E-state index is 0.0237. The summed E-state index contributed by atoms with van der Waals surface area (Å²) in [5.74, 6) is 0.0948. The minimum atomic E-state index is -3.06. The van der Waals surface area contributed by atoms with E-state index in [1.165, 1.54) is 0 Å². The van der Waals surface area contributed by atoms with Crippen molar-refractivity contribution in [3.05, 3.63) is 97.1 Å². The second kappa shape index (κ2) is 7.50. The zero-order valence-corrected chi connectivity index (χ0v) is 16.4. The van der Waals surface area contributed by atoms with Gasteiger partial charge in [-0.05, 0) is 48.5 Å². The van der Waals surface area contributed by atoms with Gasteiger partial charge in [0.05, 0.1) is 0 Å². The minimum Gasteiger partial charge on any atom is -0.504 e. The molecule has 0 amide bonds. The Morgan fingerprint density at radius 3 is 0.759 bits per heavy atom. The van der Waals surface area contributed by atoms with Crippen molar-refractivity contribution in [1.82, 2.24) is 0 Å². The van der Waals surface area contributed by atoms with Crippen LogP contribution in [-0.2, 0) is 0 Å². The highest BCUT2D eigenvalue weighted by atomic mass is 31.2. The van der Waals surface area contributed by atoms with Gasteiger partial charge in [0.2, 0.25) is 0 Å². The summed E-state index contributed by atoms with van der Waals surface area (Å²) < 4.78 is 0. The summed E-state index contributed by atoms with van der Waals surface area (Å²) in [6.45, 7) is 0. The first-order valence-electron chi connectivity index (χ1n) is 9.10. The van der Waals surface area contributed by atoms with Crippen LogP contribution in [0.15, 0.2) is 97.1 Å². The zero-order valence-electron chi connectivity index (χ0n) is 15.5. The third kappa shape index (κ3) is 2.98. The maximum Gasteiger partial charge on any atom is 0.160 e. The van der Waals surface area contributed by atoms with Crippen molar-refractivity contribution in [1.29, 1.82) is 0 Å². The van der Waals surface area contributed by atoms with Crippen molar-refractivity contribution < 1.29 is 20.4 Å².